The fourth-order valence-corrected chi connectivity index (χ4v) is 4.41. The molecule has 3 aromatic heterocycles. The van der Waals surface area contributed by atoms with Crippen LogP contribution in [-0.4, -0.2) is 64.2 Å². The molecule has 0 atom stereocenters. The molecule has 12 nitrogen and oxygen atoms in total. The van der Waals surface area contributed by atoms with Crippen molar-refractivity contribution in [2.24, 2.45) is 0 Å². The van der Waals surface area contributed by atoms with Crippen molar-refractivity contribution in [3.05, 3.63) is 16.7 Å². The van der Waals surface area contributed by atoms with Gasteiger partial charge in [0.15, 0.2) is 0 Å². The van der Waals surface area contributed by atoms with Crippen molar-refractivity contribution in [3.63, 3.8) is 0 Å². The number of hydrogen-bond acceptors (Lipinski definition) is 9. The average Bonchev–Trinajstić information content (AvgIpc) is 3.43. The lowest BCUT2D eigenvalue weighted by molar-refractivity contribution is 0.112. The van der Waals surface area contributed by atoms with E-state index in [2.05, 4.69) is 30.6 Å². The van der Waals surface area contributed by atoms with Gasteiger partial charge in [0.1, 0.15) is 33.6 Å². The Kier molecular flexibility index (Phi) is 9.80. The molecule has 46 heavy (non-hydrogen) atoms. The zero-order chi connectivity index (χ0) is 35.3. The van der Waals surface area contributed by atoms with Gasteiger partial charge in [-0.3, -0.25) is 0 Å². The Hall–Kier alpha value is -3.57. The lowest BCUT2D eigenvalue weighted by Gasteiger charge is -2.30. The van der Waals surface area contributed by atoms with Gasteiger partial charge in [-0.15, -0.1) is 15.3 Å². The van der Waals surface area contributed by atoms with Crippen LogP contribution in [0, 0.1) is 0 Å². The van der Waals surface area contributed by atoms with E-state index in [1.807, 2.05) is 125 Å². The minimum atomic E-state index is -0.796. The van der Waals surface area contributed by atoms with Gasteiger partial charge in [-0.1, -0.05) is 0 Å². The van der Waals surface area contributed by atoms with Gasteiger partial charge in [0.25, 0.3) is 0 Å². The lowest BCUT2D eigenvalue weighted by atomic mass is 9.87. The third-order valence-corrected chi connectivity index (χ3v) is 5.50. The van der Waals surface area contributed by atoms with Crippen molar-refractivity contribution in [3.8, 4) is 35.3 Å². The summed E-state index contributed by atoms with van der Waals surface area (Å²) in [5.41, 5.74) is -1.89. The maximum atomic E-state index is 6.55. The number of rotatable bonds is 9. The third-order valence-electron chi connectivity index (χ3n) is 5.50. The molecule has 0 aromatic carbocycles. The van der Waals surface area contributed by atoms with Crippen molar-refractivity contribution in [1.82, 2.24) is 30.6 Å². The van der Waals surface area contributed by atoms with Gasteiger partial charge in [-0.2, -0.15) is 0 Å². The zero-order valence-electron chi connectivity index (χ0n) is 31.4. The highest BCUT2D eigenvalue weighted by Gasteiger charge is 2.43. The molecule has 0 amide bonds. The molecule has 0 spiro atoms. The van der Waals surface area contributed by atoms with E-state index < -0.39 is 39.5 Å². The highest BCUT2D eigenvalue weighted by atomic mass is 16.5. The van der Waals surface area contributed by atoms with Crippen LogP contribution < -0.4 is 28.4 Å². The second-order valence-electron chi connectivity index (χ2n) is 17.5. The molecule has 0 aliphatic heterocycles. The Balaban J connectivity index is 2.60. The molecule has 0 fully saturated rings. The van der Waals surface area contributed by atoms with Crippen LogP contribution in [0.3, 0.4) is 0 Å². The molecule has 0 unspecified atom stereocenters. The Morgan fingerprint density at radius 3 is 0.717 bits per heavy atom. The van der Waals surface area contributed by atoms with E-state index >= 15 is 0 Å². The van der Waals surface area contributed by atoms with Crippen molar-refractivity contribution in [2.45, 2.75) is 164 Å². The molecule has 0 radical (unpaired) electrons. The molecular weight excluding hydrogens is 588 g/mol. The van der Waals surface area contributed by atoms with Gasteiger partial charge < -0.3 is 28.4 Å². The zero-order valence-corrected chi connectivity index (χ0v) is 31.4. The summed E-state index contributed by atoms with van der Waals surface area (Å²) in [4.78, 5) is 0. The predicted molar refractivity (Wildman–Crippen MR) is 179 cm³/mol. The Labute approximate surface area is 275 Å². The first-order valence-corrected chi connectivity index (χ1v) is 15.9. The quantitative estimate of drug-likeness (QED) is 0.210. The second kappa shape index (κ2) is 12.2. The smallest absolute Gasteiger partial charge is 0.241 e. The van der Waals surface area contributed by atoms with Gasteiger partial charge in [0.2, 0.25) is 35.3 Å². The standard InChI is InChI=1S/C34H58N6O6/c1-29(2,3)41-23-20(24(36-35-23)42-30(4,5)6)19(21-25(43-31(7,8)9)37-38-26(21)44-32(10,11)12)22-27(45-33(13,14)15)39-40-28(22)46-34(16,17)18/h19H,1-18H3,(H,35,36)(H,37,38)(H,39,40). The predicted octanol–water partition coefficient (Wildman–Crippen LogP) is 8.10. The van der Waals surface area contributed by atoms with Gasteiger partial charge >= 0.3 is 0 Å². The molecule has 260 valence electrons. The third kappa shape index (κ3) is 10.5. The van der Waals surface area contributed by atoms with Crippen molar-refractivity contribution < 1.29 is 28.4 Å². The summed E-state index contributed by atoms with van der Waals surface area (Å²) >= 11 is 0. The topological polar surface area (TPSA) is 141 Å². The highest BCUT2D eigenvalue weighted by molar-refractivity contribution is 5.61. The molecule has 0 aliphatic carbocycles. The molecule has 12 heteroatoms. The summed E-state index contributed by atoms with van der Waals surface area (Å²) in [7, 11) is 0. The second-order valence-corrected chi connectivity index (χ2v) is 17.5. The summed E-state index contributed by atoms with van der Waals surface area (Å²) in [6.45, 7) is 35.4. The molecule has 0 aliphatic rings. The van der Waals surface area contributed by atoms with Crippen LogP contribution in [-0.2, 0) is 0 Å². The van der Waals surface area contributed by atoms with E-state index in [1.165, 1.54) is 0 Å². The Morgan fingerprint density at radius 2 is 0.543 bits per heavy atom. The van der Waals surface area contributed by atoms with Crippen LogP contribution in [0.2, 0.25) is 0 Å². The molecule has 3 rings (SSSR count). The van der Waals surface area contributed by atoms with Crippen LogP contribution in [0.5, 0.6) is 35.3 Å². The van der Waals surface area contributed by atoms with Crippen LogP contribution in [0.25, 0.3) is 0 Å². The van der Waals surface area contributed by atoms with E-state index in [4.69, 9.17) is 28.4 Å². The summed E-state index contributed by atoms with van der Waals surface area (Å²) in [6, 6.07) is 0. The van der Waals surface area contributed by atoms with E-state index in [9.17, 15) is 0 Å². The molecule has 0 saturated heterocycles. The maximum Gasteiger partial charge on any atom is 0.241 e. The van der Waals surface area contributed by atoms with E-state index in [0.29, 0.717) is 52.0 Å². The van der Waals surface area contributed by atoms with Crippen LogP contribution in [0.15, 0.2) is 0 Å². The van der Waals surface area contributed by atoms with Crippen molar-refractivity contribution in [2.75, 3.05) is 0 Å². The Morgan fingerprint density at radius 1 is 0.348 bits per heavy atom. The fourth-order valence-electron chi connectivity index (χ4n) is 4.41. The largest absolute Gasteiger partial charge is 0.472 e. The van der Waals surface area contributed by atoms with Crippen molar-refractivity contribution in [1.29, 1.82) is 0 Å². The minimum absolute atomic E-state index is 0.325. The van der Waals surface area contributed by atoms with Gasteiger partial charge in [0, 0.05) is 0 Å². The number of aromatic amines is 3. The first kappa shape index (κ1) is 36.9. The Bertz CT molecular complexity index is 1180. The van der Waals surface area contributed by atoms with Crippen LogP contribution in [0.4, 0.5) is 0 Å². The highest BCUT2D eigenvalue weighted by Crippen LogP contribution is 2.53. The van der Waals surface area contributed by atoms with Gasteiger partial charge in [-0.05, 0) is 125 Å². The number of hydrogen-bond donors (Lipinski definition) is 3. The first-order chi connectivity index (χ1) is 20.5. The molecule has 0 saturated carbocycles. The van der Waals surface area contributed by atoms with Gasteiger partial charge in [-0.25, -0.2) is 15.3 Å². The number of nitrogens with one attached hydrogen (secondary N) is 3. The molecule has 3 aromatic rings. The normalized spacial score (nSPS) is 13.6. The summed E-state index contributed by atoms with van der Waals surface area (Å²) in [6.07, 6.45) is 0. The summed E-state index contributed by atoms with van der Waals surface area (Å²) in [5.74, 6) is 1.36. The summed E-state index contributed by atoms with van der Waals surface area (Å²) in [5, 5.41) is 23.3. The molecule has 0 bridgehead atoms. The van der Waals surface area contributed by atoms with Crippen molar-refractivity contribution >= 4 is 0 Å². The molecule has 3 heterocycles. The number of nitrogens with zero attached hydrogens (tertiary/aromatic N) is 3. The van der Waals surface area contributed by atoms with Gasteiger partial charge in [0.05, 0.1) is 22.6 Å². The maximum absolute atomic E-state index is 6.55. The minimum Gasteiger partial charge on any atom is -0.472 e. The summed E-state index contributed by atoms with van der Waals surface area (Å²) < 4.78 is 39.2. The van der Waals surface area contributed by atoms with Crippen LogP contribution in [0.1, 0.15) is 147 Å². The number of H-pyrrole nitrogens is 3. The SMILES string of the molecule is CC(C)(C)Oc1n[nH]c(OC(C)(C)C)c1C(c1c(OC(C)(C)C)n[nH]c1OC(C)(C)C)c1c(OC(C)(C)C)n[nH]c1OC(C)(C)C. The number of aromatic nitrogens is 6. The first-order valence-electron chi connectivity index (χ1n) is 15.9. The molecular formula is C34H58N6O6. The van der Waals surface area contributed by atoms with E-state index in [1.54, 1.807) is 0 Å². The van der Waals surface area contributed by atoms with E-state index in [0.717, 1.165) is 0 Å². The fraction of sp³-hybridized carbons (Fsp3) is 0.735. The van der Waals surface area contributed by atoms with E-state index in [-0.39, 0.29) is 0 Å². The monoisotopic (exact) mass is 646 g/mol. The lowest BCUT2D eigenvalue weighted by Crippen LogP contribution is -2.28. The molecule has 3 N–H and O–H groups in total. The average molecular weight is 647 g/mol. The van der Waals surface area contributed by atoms with Crippen LogP contribution >= 0.6 is 0 Å². The number of ether oxygens (including phenoxy) is 6.